The highest BCUT2D eigenvalue weighted by Gasteiger charge is 2.11. The number of nitrogens with one attached hydrogen (secondary N) is 2. The first-order chi connectivity index (χ1) is 14.5. The summed E-state index contributed by atoms with van der Waals surface area (Å²) >= 11 is 6.09. The minimum absolute atomic E-state index is 0. The molecule has 0 aliphatic heterocycles. The molecule has 0 saturated carbocycles. The van der Waals surface area contributed by atoms with Crippen molar-refractivity contribution in [1.29, 1.82) is 0 Å². The molecule has 0 aromatic heterocycles. The second-order valence-electron chi connectivity index (χ2n) is 6.54. The largest absolute Gasteiger partial charge is 0.483 e. The highest BCUT2D eigenvalue weighted by atomic mass is 35.5. The molecule has 164 valence electrons. The first-order valence-corrected chi connectivity index (χ1v) is 9.64. The summed E-state index contributed by atoms with van der Waals surface area (Å²) in [4.78, 5) is 21.4. The highest BCUT2D eigenvalue weighted by Crippen LogP contribution is 2.28. The Hall–Kier alpha value is -3.07. The molecule has 0 bridgehead atoms. The van der Waals surface area contributed by atoms with Gasteiger partial charge in [-0.1, -0.05) is 41.9 Å². The van der Waals surface area contributed by atoms with Gasteiger partial charge in [-0.15, -0.1) is 12.4 Å². The van der Waals surface area contributed by atoms with Crippen LogP contribution < -0.4 is 21.1 Å². The fourth-order valence-corrected chi connectivity index (χ4v) is 3.28. The van der Waals surface area contributed by atoms with E-state index in [0.717, 1.165) is 16.3 Å². The maximum absolute atomic E-state index is 11.1. The Morgan fingerprint density at radius 2 is 1.90 bits per heavy atom. The Labute approximate surface area is 190 Å². The van der Waals surface area contributed by atoms with Crippen molar-refractivity contribution in [3.63, 3.8) is 0 Å². The molecule has 10 heteroatoms. The number of amides is 1. The first-order valence-electron chi connectivity index (χ1n) is 9.26. The van der Waals surface area contributed by atoms with Crippen molar-refractivity contribution in [3.05, 3.63) is 75.3 Å². The van der Waals surface area contributed by atoms with E-state index in [1.54, 1.807) is 6.07 Å². The Kier molecular flexibility index (Phi) is 8.87. The first kappa shape index (κ1) is 24.2. The summed E-state index contributed by atoms with van der Waals surface area (Å²) in [7, 11) is 0. The SMILES string of the molecule is Cl.NC(=O)COc1ccc2ccccc2c1CNCCNc1ccc([N+](=O)[O-])cc1Cl. The van der Waals surface area contributed by atoms with Gasteiger partial charge in [0.2, 0.25) is 0 Å². The van der Waals surface area contributed by atoms with Gasteiger partial charge in [-0.3, -0.25) is 14.9 Å². The molecule has 3 aromatic rings. The van der Waals surface area contributed by atoms with Gasteiger partial charge >= 0.3 is 0 Å². The van der Waals surface area contributed by atoms with Crippen molar-refractivity contribution < 1.29 is 14.5 Å². The van der Waals surface area contributed by atoms with E-state index in [-0.39, 0.29) is 24.7 Å². The number of nitro groups is 1. The predicted octanol–water partition coefficient (Wildman–Crippen LogP) is 3.89. The fraction of sp³-hybridized carbons (Fsp3) is 0.190. The Morgan fingerprint density at radius 3 is 2.61 bits per heavy atom. The molecule has 0 aliphatic carbocycles. The number of carbonyl (C=O) groups excluding carboxylic acids is 1. The van der Waals surface area contributed by atoms with E-state index in [0.29, 0.717) is 36.1 Å². The smallest absolute Gasteiger partial charge is 0.271 e. The number of halogens is 2. The molecule has 0 radical (unpaired) electrons. The molecular weight excluding hydrogens is 443 g/mol. The third kappa shape index (κ3) is 6.45. The number of non-ortho nitro benzene ring substituents is 1. The summed E-state index contributed by atoms with van der Waals surface area (Å²) in [6.45, 7) is 1.49. The maximum atomic E-state index is 11.1. The molecule has 0 unspecified atom stereocenters. The molecule has 8 nitrogen and oxygen atoms in total. The van der Waals surface area contributed by atoms with Gasteiger partial charge in [0, 0.05) is 37.3 Å². The molecule has 3 aromatic carbocycles. The molecule has 31 heavy (non-hydrogen) atoms. The van der Waals surface area contributed by atoms with Gasteiger partial charge in [0.1, 0.15) is 5.75 Å². The summed E-state index contributed by atoms with van der Waals surface area (Å²) in [5, 5.41) is 19.6. The average Bonchev–Trinajstić information content (AvgIpc) is 2.73. The van der Waals surface area contributed by atoms with Crippen LogP contribution in [0.15, 0.2) is 54.6 Å². The van der Waals surface area contributed by atoms with E-state index in [4.69, 9.17) is 22.1 Å². The summed E-state index contributed by atoms with van der Waals surface area (Å²) in [5.74, 6) is 0.0672. The number of nitrogens with zero attached hydrogens (tertiary/aromatic N) is 1. The third-order valence-corrected chi connectivity index (χ3v) is 4.76. The molecule has 0 heterocycles. The molecule has 0 spiro atoms. The zero-order valence-corrected chi connectivity index (χ0v) is 18.0. The van der Waals surface area contributed by atoms with Gasteiger partial charge in [-0.05, 0) is 22.9 Å². The van der Waals surface area contributed by atoms with E-state index < -0.39 is 10.8 Å². The van der Waals surface area contributed by atoms with Crippen molar-refractivity contribution in [2.75, 3.05) is 25.0 Å². The zero-order chi connectivity index (χ0) is 21.5. The van der Waals surface area contributed by atoms with Crippen LogP contribution in [0.25, 0.3) is 10.8 Å². The maximum Gasteiger partial charge on any atom is 0.271 e. The van der Waals surface area contributed by atoms with Crippen LogP contribution in [0.5, 0.6) is 5.75 Å². The van der Waals surface area contributed by atoms with Gasteiger partial charge in [0.05, 0.1) is 15.6 Å². The van der Waals surface area contributed by atoms with Crippen LogP contribution in [0.1, 0.15) is 5.56 Å². The van der Waals surface area contributed by atoms with Gasteiger partial charge in [0.25, 0.3) is 11.6 Å². The normalized spacial score (nSPS) is 10.4. The average molecular weight is 465 g/mol. The van der Waals surface area contributed by atoms with Gasteiger partial charge in [-0.2, -0.15) is 0 Å². The van der Waals surface area contributed by atoms with Crippen LogP contribution in [0.4, 0.5) is 11.4 Å². The van der Waals surface area contributed by atoms with Crippen molar-refractivity contribution in [2.24, 2.45) is 5.73 Å². The quantitative estimate of drug-likeness (QED) is 0.238. The molecule has 4 N–H and O–H groups in total. The fourth-order valence-electron chi connectivity index (χ4n) is 3.04. The number of fused-ring (bicyclic) bond motifs is 1. The van der Waals surface area contributed by atoms with Crippen LogP contribution >= 0.6 is 24.0 Å². The summed E-state index contributed by atoms with van der Waals surface area (Å²) < 4.78 is 5.58. The minimum atomic E-state index is -0.536. The van der Waals surface area contributed by atoms with E-state index in [1.165, 1.54) is 12.1 Å². The molecule has 3 rings (SSSR count). The van der Waals surface area contributed by atoms with E-state index >= 15 is 0 Å². The second kappa shape index (κ2) is 11.4. The topological polar surface area (TPSA) is 120 Å². The van der Waals surface area contributed by atoms with Crippen molar-refractivity contribution in [3.8, 4) is 5.75 Å². The number of nitrogens with two attached hydrogens (primary N) is 1. The molecule has 0 saturated heterocycles. The Morgan fingerprint density at radius 1 is 1.13 bits per heavy atom. The Bertz CT molecular complexity index is 1080. The number of carbonyl (C=O) groups is 1. The van der Waals surface area contributed by atoms with E-state index in [2.05, 4.69) is 10.6 Å². The summed E-state index contributed by atoms with van der Waals surface area (Å²) in [6, 6.07) is 16.0. The molecule has 0 aliphatic rings. The van der Waals surface area contributed by atoms with Gasteiger partial charge in [-0.25, -0.2) is 0 Å². The number of hydrogen-bond donors (Lipinski definition) is 3. The molecular formula is C21H22Cl2N4O4. The molecule has 0 atom stereocenters. The summed E-state index contributed by atoms with van der Waals surface area (Å²) in [5.41, 5.74) is 6.71. The zero-order valence-electron chi connectivity index (χ0n) is 16.5. The lowest BCUT2D eigenvalue weighted by atomic mass is 10.0. The number of ether oxygens (including phenoxy) is 1. The van der Waals surface area contributed by atoms with Crippen LogP contribution in [0.3, 0.4) is 0 Å². The standard InChI is InChI=1S/C21H21ClN4O4.ClH/c22-18-11-15(26(28)29)6-7-19(18)25-10-9-24-12-17-16-4-2-1-3-14(16)5-8-20(17)30-13-21(23)27;/h1-8,11,24-25H,9-10,12-13H2,(H2,23,27);1H. The third-order valence-electron chi connectivity index (χ3n) is 4.45. The predicted molar refractivity (Wildman–Crippen MR) is 124 cm³/mol. The second-order valence-corrected chi connectivity index (χ2v) is 6.95. The van der Waals surface area contributed by atoms with Crippen LogP contribution in [0.2, 0.25) is 5.02 Å². The monoisotopic (exact) mass is 464 g/mol. The lowest BCUT2D eigenvalue weighted by Gasteiger charge is -2.15. The van der Waals surface area contributed by atoms with Gasteiger partial charge in [0.15, 0.2) is 6.61 Å². The number of hydrogen-bond acceptors (Lipinski definition) is 6. The lowest BCUT2D eigenvalue weighted by molar-refractivity contribution is -0.384. The highest BCUT2D eigenvalue weighted by molar-refractivity contribution is 6.33. The van der Waals surface area contributed by atoms with Crippen molar-refractivity contribution >= 4 is 52.1 Å². The Balaban J connectivity index is 0.00000341. The molecule has 0 fully saturated rings. The van der Waals surface area contributed by atoms with E-state index in [9.17, 15) is 14.9 Å². The minimum Gasteiger partial charge on any atom is -0.483 e. The number of anilines is 1. The number of primary amides is 1. The van der Waals surface area contributed by atoms with E-state index in [1.807, 2.05) is 36.4 Å². The summed E-state index contributed by atoms with van der Waals surface area (Å²) in [6.07, 6.45) is 0. The van der Waals surface area contributed by atoms with Crippen LogP contribution in [-0.2, 0) is 11.3 Å². The number of rotatable bonds is 10. The number of benzene rings is 3. The van der Waals surface area contributed by atoms with Gasteiger partial charge < -0.3 is 21.1 Å². The number of nitro benzene ring substituents is 1. The van der Waals surface area contributed by atoms with Crippen LogP contribution in [-0.4, -0.2) is 30.5 Å². The van der Waals surface area contributed by atoms with Crippen molar-refractivity contribution in [2.45, 2.75) is 6.54 Å². The van der Waals surface area contributed by atoms with Crippen molar-refractivity contribution in [1.82, 2.24) is 5.32 Å². The van der Waals surface area contributed by atoms with Crippen LogP contribution in [0, 0.1) is 10.1 Å². The molecule has 1 amide bonds. The lowest BCUT2D eigenvalue weighted by Crippen LogP contribution is -2.23.